The second-order valence-electron chi connectivity index (χ2n) is 8.54. The van der Waals surface area contributed by atoms with Crippen LogP contribution in [0.1, 0.15) is 54.3 Å². The highest BCUT2D eigenvalue weighted by atomic mass is 16.5. The smallest absolute Gasteiger partial charge is 0.130 e. The van der Waals surface area contributed by atoms with Crippen LogP contribution in [-0.2, 0) is 11.3 Å². The number of hydrogen-bond donors (Lipinski definition) is 1. The van der Waals surface area contributed by atoms with Crippen molar-refractivity contribution in [2.24, 2.45) is 0 Å². The molecule has 0 saturated carbocycles. The van der Waals surface area contributed by atoms with Gasteiger partial charge in [0.2, 0.25) is 0 Å². The molecule has 0 aliphatic carbocycles. The van der Waals surface area contributed by atoms with Gasteiger partial charge in [0.25, 0.3) is 0 Å². The Kier molecular flexibility index (Phi) is 6.34. The van der Waals surface area contributed by atoms with Crippen LogP contribution in [0, 0.1) is 20.8 Å². The summed E-state index contributed by atoms with van der Waals surface area (Å²) in [7, 11) is 0. The van der Waals surface area contributed by atoms with Crippen molar-refractivity contribution in [1.82, 2.24) is 24.6 Å². The van der Waals surface area contributed by atoms with E-state index < -0.39 is 0 Å². The number of morpholine rings is 1. The van der Waals surface area contributed by atoms with E-state index in [2.05, 4.69) is 53.6 Å². The van der Waals surface area contributed by atoms with E-state index in [0.29, 0.717) is 12.6 Å². The minimum atomic E-state index is -0.0568. The molecule has 3 aromatic heterocycles. The summed E-state index contributed by atoms with van der Waals surface area (Å²) in [5.74, 6) is 0.818. The van der Waals surface area contributed by atoms with Crippen LogP contribution in [0.5, 0.6) is 0 Å². The summed E-state index contributed by atoms with van der Waals surface area (Å²) < 4.78 is 8.25. The van der Waals surface area contributed by atoms with Crippen LogP contribution in [0.3, 0.4) is 0 Å². The van der Waals surface area contributed by atoms with Gasteiger partial charge in [-0.3, -0.25) is 14.6 Å². The van der Waals surface area contributed by atoms with Gasteiger partial charge < -0.3 is 10.1 Å². The summed E-state index contributed by atoms with van der Waals surface area (Å²) in [6.45, 7) is 13.9. The number of nitrogens with one attached hydrogen (secondary N) is 1. The molecular formula is C24H32N6O. The van der Waals surface area contributed by atoms with Gasteiger partial charge in [0.05, 0.1) is 18.0 Å². The summed E-state index contributed by atoms with van der Waals surface area (Å²) in [6, 6.07) is 10.3. The third-order valence-electron chi connectivity index (χ3n) is 5.74. The molecule has 1 saturated heterocycles. The monoisotopic (exact) mass is 420 g/mol. The molecule has 1 aliphatic heterocycles. The van der Waals surface area contributed by atoms with E-state index in [1.165, 1.54) is 11.3 Å². The Labute approximate surface area is 184 Å². The van der Waals surface area contributed by atoms with Gasteiger partial charge in [-0.15, -0.1) is 0 Å². The molecule has 0 aromatic carbocycles. The van der Waals surface area contributed by atoms with E-state index in [1.807, 2.05) is 31.2 Å². The number of aryl methyl sites for hydroxylation is 2. The normalized spacial score (nSPS) is 17.3. The van der Waals surface area contributed by atoms with Gasteiger partial charge in [-0.1, -0.05) is 6.07 Å². The molecule has 7 heteroatoms. The predicted octanol–water partition coefficient (Wildman–Crippen LogP) is 4.50. The zero-order valence-corrected chi connectivity index (χ0v) is 19.1. The summed E-state index contributed by atoms with van der Waals surface area (Å²) in [6.07, 6.45) is 1.73. The van der Waals surface area contributed by atoms with Crippen LogP contribution in [0.15, 0.2) is 36.5 Å². The molecule has 1 fully saturated rings. The number of aromatic nitrogens is 4. The Morgan fingerprint density at radius 2 is 2.03 bits per heavy atom. The van der Waals surface area contributed by atoms with Crippen molar-refractivity contribution in [2.75, 3.05) is 25.0 Å². The molecule has 0 radical (unpaired) electrons. The van der Waals surface area contributed by atoms with Crippen LogP contribution in [0.25, 0.3) is 0 Å². The number of hydrogen-bond acceptors (Lipinski definition) is 6. The van der Waals surface area contributed by atoms with Crippen molar-refractivity contribution in [1.29, 1.82) is 0 Å². The zero-order valence-electron chi connectivity index (χ0n) is 19.1. The first-order valence-corrected chi connectivity index (χ1v) is 11.0. The minimum absolute atomic E-state index is 0.0568. The maximum atomic E-state index is 6.13. The van der Waals surface area contributed by atoms with E-state index in [4.69, 9.17) is 14.8 Å². The predicted molar refractivity (Wildman–Crippen MR) is 123 cm³/mol. The first kappa shape index (κ1) is 21.5. The minimum Gasteiger partial charge on any atom is -0.369 e. The lowest BCUT2D eigenvalue weighted by Gasteiger charge is -2.33. The van der Waals surface area contributed by atoms with Gasteiger partial charge in [0, 0.05) is 54.5 Å². The molecule has 0 bridgehead atoms. The highest BCUT2D eigenvalue weighted by Gasteiger charge is 2.25. The Morgan fingerprint density at radius 3 is 2.74 bits per heavy atom. The lowest BCUT2D eigenvalue weighted by Crippen LogP contribution is -2.38. The molecule has 0 unspecified atom stereocenters. The van der Waals surface area contributed by atoms with E-state index in [-0.39, 0.29) is 6.10 Å². The molecule has 7 nitrogen and oxygen atoms in total. The number of rotatable bonds is 6. The summed E-state index contributed by atoms with van der Waals surface area (Å²) in [5.41, 5.74) is 6.59. The maximum Gasteiger partial charge on any atom is 0.130 e. The topological polar surface area (TPSA) is 68.1 Å². The molecule has 31 heavy (non-hydrogen) atoms. The molecule has 1 atom stereocenters. The van der Waals surface area contributed by atoms with E-state index >= 15 is 0 Å². The fourth-order valence-electron chi connectivity index (χ4n) is 4.19. The molecule has 4 heterocycles. The number of nitrogens with zero attached hydrogens (tertiary/aromatic N) is 5. The number of anilines is 2. The van der Waals surface area contributed by atoms with Crippen molar-refractivity contribution in [3.05, 3.63) is 64.9 Å². The van der Waals surface area contributed by atoms with Gasteiger partial charge in [0.15, 0.2) is 0 Å². The molecule has 3 aromatic rings. The third-order valence-corrected chi connectivity index (χ3v) is 5.74. The quantitative estimate of drug-likeness (QED) is 0.633. The molecule has 4 rings (SSSR count). The Balaban J connectivity index is 1.50. The highest BCUT2D eigenvalue weighted by molar-refractivity contribution is 5.56. The van der Waals surface area contributed by atoms with Gasteiger partial charge >= 0.3 is 0 Å². The van der Waals surface area contributed by atoms with Crippen LogP contribution in [-0.4, -0.2) is 44.3 Å². The average molecular weight is 421 g/mol. The van der Waals surface area contributed by atoms with Crippen LogP contribution < -0.4 is 5.32 Å². The Morgan fingerprint density at radius 1 is 1.19 bits per heavy atom. The van der Waals surface area contributed by atoms with Crippen LogP contribution in [0.4, 0.5) is 11.5 Å². The highest BCUT2D eigenvalue weighted by Crippen LogP contribution is 2.27. The average Bonchev–Trinajstić information content (AvgIpc) is 3.03. The van der Waals surface area contributed by atoms with Gasteiger partial charge in [-0.25, -0.2) is 4.98 Å². The second kappa shape index (κ2) is 9.16. The lowest BCUT2D eigenvalue weighted by molar-refractivity contribution is -0.0351. The van der Waals surface area contributed by atoms with E-state index in [9.17, 15) is 0 Å². The number of pyridine rings is 2. The van der Waals surface area contributed by atoms with Crippen LogP contribution in [0.2, 0.25) is 0 Å². The fourth-order valence-corrected chi connectivity index (χ4v) is 4.19. The Hall–Kier alpha value is -2.77. The van der Waals surface area contributed by atoms with E-state index in [1.54, 1.807) is 6.20 Å². The summed E-state index contributed by atoms with van der Waals surface area (Å²) >= 11 is 0. The van der Waals surface area contributed by atoms with Crippen molar-refractivity contribution in [3.8, 4) is 0 Å². The zero-order chi connectivity index (χ0) is 22.0. The van der Waals surface area contributed by atoms with Gasteiger partial charge in [-0.2, -0.15) is 5.10 Å². The molecule has 1 N–H and O–H groups in total. The first-order chi connectivity index (χ1) is 14.9. The molecular weight excluding hydrogens is 388 g/mol. The van der Waals surface area contributed by atoms with E-state index in [0.717, 1.165) is 48.2 Å². The third kappa shape index (κ3) is 4.94. The van der Waals surface area contributed by atoms with Crippen molar-refractivity contribution in [2.45, 2.75) is 53.3 Å². The largest absolute Gasteiger partial charge is 0.369 e. The molecule has 0 amide bonds. The SMILES string of the molecule is Cc1cc(Nc2ccccn2)cc([C@H]2CN(Cc3c(C)nn(C(C)C)c3C)CCO2)n1. The van der Waals surface area contributed by atoms with Crippen LogP contribution >= 0.6 is 0 Å². The number of ether oxygens (including phenoxy) is 1. The lowest BCUT2D eigenvalue weighted by atomic mass is 10.1. The van der Waals surface area contributed by atoms with Crippen molar-refractivity contribution in [3.63, 3.8) is 0 Å². The molecule has 1 aliphatic rings. The standard InChI is InChI=1S/C24H32N6O/c1-16(2)30-19(5)21(18(4)28-30)14-29-10-11-31-23(15-29)22-13-20(12-17(3)26-22)27-24-8-6-7-9-25-24/h6-9,12-13,16,23H,10-11,14-15H2,1-5H3,(H,25,26,27)/t23-/m1/s1. The Bertz CT molecular complexity index is 1030. The fraction of sp³-hybridized carbons (Fsp3) is 0.458. The second-order valence-corrected chi connectivity index (χ2v) is 8.54. The van der Waals surface area contributed by atoms with Crippen molar-refractivity contribution >= 4 is 11.5 Å². The maximum absolute atomic E-state index is 6.13. The molecule has 164 valence electrons. The van der Waals surface area contributed by atoms with Gasteiger partial charge in [0.1, 0.15) is 11.9 Å². The van der Waals surface area contributed by atoms with Crippen molar-refractivity contribution < 1.29 is 4.74 Å². The summed E-state index contributed by atoms with van der Waals surface area (Å²) in [5, 5.41) is 8.12. The molecule has 0 spiro atoms. The van der Waals surface area contributed by atoms with Gasteiger partial charge in [-0.05, 0) is 58.9 Å². The first-order valence-electron chi connectivity index (χ1n) is 11.0. The summed E-state index contributed by atoms with van der Waals surface area (Å²) in [4.78, 5) is 11.6.